The van der Waals surface area contributed by atoms with Crippen molar-refractivity contribution in [2.75, 3.05) is 12.5 Å². The van der Waals surface area contributed by atoms with E-state index in [1.54, 1.807) is 35.9 Å². The monoisotopic (exact) mass is 398 g/mol. The summed E-state index contributed by atoms with van der Waals surface area (Å²) < 4.78 is 10.7. The Kier molecular flexibility index (Phi) is 4.28. The second kappa shape index (κ2) is 6.80. The van der Waals surface area contributed by atoms with E-state index in [-0.39, 0.29) is 12.6 Å². The summed E-state index contributed by atoms with van der Waals surface area (Å²) in [6, 6.07) is 5.34. The maximum atomic E-state index is 12.7. The summed E-state index contributed by atoms with van der Waals surface area (Å²) in [5.74, 6) is 2.45. The summed E-state index contributed by atoms with van der Waals surface area (Å²) in [4.78, 5) is 24.1. The van der Waals surface area contributed by atoms with Crippen LogP contribution in [0, 0.1) is 5.92 Å². The molecule has 3 heterocycles. The molecule has 3 aromatic rings. The predicted molar refractivity (Wildman–Crippen MR) is 106 cm³/mol. The summed E-state index contributed by atoms with van der Waals surface area (Å²) in [5.41, 5.74) is 2.03. The first kappa shape index (κ1) is 17.0. The lowest BCUT2D eigenvalue weighted by molar-refractivity contribution is 0.102. The number of hydrogen-bond donors (Lipinski definition) is 0. The van der Waals surface area contributed by atoms with Crippen molar-refractivity contribution < 1.29 is 14.3 Å². The number of rotatable bonds is 4. The van der Waals surface area contributed by atoms with E-state index < -0.39 is 0 Å². The summed E-state index contributed by atoms with van der Waals surface area (Å²) in [6.45, 7) is 2.52. The zero-order chi connectivity index (χ0) is 18.4. The normalized spacial score (nSPS) is 17.9. The molecule has 0 N–H and O–H groups in total. The molecule has 0 amide bonds. The second-order valence-electron chi connectivity index (χ2n) is 6.99. The number of aromatic nitrogens is 2. The number of hydrogen-bond acceptors (Lipinski definition) is 7. The van der Waals surface area contributed by atoms with Gasteiger partial charge in [0.25, 0.3) is 0 Å². The Morgan fingerprint density at radius 3 is 3.11 bits per heavy atom. The lowest BCUT2D eigenvalue weighted by Crippen LogP contribution is -2.09. The number of Topliss-reactive ketones (excluding diaryl/α,β-unsaturated/α-hetero) is 1. The van der Waals surface area contributed by atoms with Gasteiger partial charge in [-0.05, 0) is 48.9 Å². The van der Waals surface area contributed by atoms with Crippen LogP contribution in [0.15, 0.2) is 29.6 Å². The Hall–Kier alpha value is -2.12. The summed E-state index contributed by atoms with van der Waals surface area (Å²) in [5, 5.41) is 2.08. The largest absolute Gasteiger partial charge is 0.454 e. The summed E-state index contributed by atoms with van der Waals surface area (Å²) in [6.07, 6.45) is 5.01. The fraction of sp³-hybridized carbons (Fsp3) is 0.350. The first-order valence-corrected chi connectivity index (χ1v) is 10.8. The molecular weight excluding hydrogens is 380 g/mol. The van der Waals surface area contributed by atoms with Crippen LogP contribution in [0.3, 0.4) is 0 Å². The van der Waals surface area contributed by atoms with E-state index in [9.17, 15) is 4.79 Å². The minimum absolute atomic E-state index is 0.0581. The zero-order valence-electron chi connectivity index (χ0n) is 14.9. The van der Waals surface area contributed by atoms with E-state index in [1.807, 2.05) is 0 Å². The summed E-state index contributed by atoms with van der Waals surface area (Å²) in [7, 11) is 0. The number of carbonyl (C=O) groups excluding carboxylic acids is 1. The van der Waals surface area contributed by atoms with Crippen molar-refractivity contribution in [2.24, 2.45) is 5.92 Å². The van der Waals surface area contributed by atoms with Crippen LogP contribution in [0.1, 0.15) is 34.1 Å². The Morgan fingerprint density at radius 1 is 1.30 bits per heavy atom. The van der Waals surface area contributed by atoms with Crippen LogP contribution in [0.4, 0.5) is 0 Å². The van der Waals surface area contributed by atoms with Crippen molar-refractivity contribution in [1.82, 2.24) is 9.97 Å². The molecule has 5 nitrogen and oxygen atoms in total. The van der Waals surface area contributed by atoms with Crippen molar-refractivity contribution in [1.29, 1.82) is 0 Å². The predicted octanol–water partition coefficient (Wildman–Crippen LogP) is 4.52. The molecule has 7 heteroatoms. The van der Waals surface area contributed by atoms with E-state index in [1.165, 1.54) is 28.6 Å². The van der Waals surface area contributed by atoms with Crippen LogP contribution >= 0.6 is 23.1 Å². The molecule has 138 valence electrons. The van der Waals surface area contributed by atoms with Gasteiger partial charge in [0, 0.05) is 15.8 Å². The number of benzene rings is 1. The second-order valence-corrected chi connectivity index (χ2v) is 9.04. The average molecular weight is 399 g/mol. The van der Waals surface area contributed by atoms with Crippen molar-refractivity contribution in [3.8, 4) is 11.5 Å². The molecule has 0 radical (unpaired) electrons. The van der Waals surface area contributed by atoms with Crippen LogP contribution in [0.5, 0.6) is 11.5 Å². The number of carbonyl (C=O) groups is 1. The first-order chi connectivity index (χ1) is 13.2. The van der Waals surface area contributed by atoms with Gasteiger partial charge in [-0.1, -0.05) is 18.7 Å². The fourth-order valence-corrected chi connectivity index (χ4v) is 5.98. The quantitative estimate of drug-likeness (QED) is 0.366. The Labute approximate surface area is 165 Å². The Balaban J connectivity index is 1.39. The van der Waals surface area contributed by atoms with Crippen molar-refractivity contribution >= 4 is 39.1 Å². The van der Waals surface area contributed by atoms with Crippen LogP contribution in [-0.2, 0) is 12.8 Å². The molecule has 1 aliphatic heterocycles. The molecule has 1 aromatic carbocycles. The van der Waals surface area contributed by atoms with E-state index in [0.29, 0.717) is 22.8 Å². The molecule has 27 heavy (non-hydrogen) atoms. The van der Waals surface area contributed by atoms with Gasteiger partial charge in [0.15, 0.2) is 17.3 Å². The van der Waals surface area contributed by atoms with E-state index in [4.69, 9.17) is 9.47 Å². The highest BCUT2D eigenvalue weighted by Gasteiger charge is 2.24. The van der Waals surface area contributed by atoms with Crippen LogP contribution in [-0.4, -0.2) is 28.3 Å². The topological polar surface area (TPSA) is 61.3 Å². The van der Waals surface area contributed by atoms with E-state index in [0.717, 1.165) is 34.0 Å². The molecule has 0 spiro atoms. The molecule has 0 saturated heterocycles. The number of nitrogens with zero attached hydrogens (tertiary/aromatic N) is 2. The highest BCUT2D eigenvalue weighted by molar-refractivity contribution is 8.00. The third-order valence-electron chi connectivity index (χ3n) is 5.09. The van der Waals surface area contributed by atoms with Gasteiger partial charge in [-0.3, -0.25) is 4.79 Å². The molecule has 0 unspecified atom stereocenters. The lowest BCUT2D eigenvalue weighted by Gasteiger charge is -2.18. The van der Waals surface area contributed by atoms with Crippen molar-refractivity contribution in [3.05, 3.63) is 40.5 Å². The maximum absolute atomic E-state index is 12.7. The van der Waals surface area contributed by atoms with Crippen LogP contribution in [0.2, 0.25) is 0 Å². The lowest BCUT2D eigenvalue weighted by atomic mass is 9.89. The number of fused-ring (bicyclic) bond motifs is 4. The van der Waals surface area contributed by atoms with E-state index >= 15 is 0 Å². The number of ketones is 1. The molecule has 1 atom stereocenters. The Bertz CT molecular complexity index is 1050. The minimum atomic E-state index is 0.0581. The van der Waals surface area contributed by atoms with Crippen molar-refractivity contribution in [2.45, 2.75) is 31.2 Å². The summed E-state index contributed by atoms with van der Waals surface area (Å²) >= 11 is 3.28. The highest BCUT2D eigenvalue weighted by Crippen LogP contribution is 2.40. The third kappa shape index (κ3) is 3.08. The average Bonchev–Trinajstić information content (AvgIpc) is 3.29. The highest BCUT2D eigenvalue weighted by atomic mass is 32.2. The number of ether oxygens (including phenoxy) is 2. The molecule has 5 rings (SSSR count). The molecule has 0 fully saturated rings. The van der Waals surface area contributed by atoms with Gasteiger partial charge in [-0.15, -0.1) is 11.3 Å². The van der Waals surface area contributed by atoms with Gasteiger partial charge >= 0.3 is 0 Å². The number of thioether (sulfide) groups is 1. The Morgan fingerprint density at radius 2 is 2.19 bits per heavy atom. The van der Waals surface area contributed by atoms with E-state index in [2.05, 4.69) is 16.9 Å². The zero-order valence-corrected chi connectivity index (χ0v) is 16.5. The molecular formula is C20H18N2O3S2. The molecule has 0 bridgehead atoms. The smallest absolute Gasteiger partial charge is 0.231 e. The first-order valence-electron chi connectivity index (χ1n) is 9.00. The van der Waals surface area contributed by atoms with Gasteiger partial charge in [0.05, 0.1) is 5.75 Å². The number of thiophene rings is 1. The van der Waals surface area contributed by atoms with Crippen LogP contribution in [0.25, 0.3) is 10.2 Å². The van der Waals surface area contributed by atoms with Crippen molar-refractivity contribution in [3.63, 3.8) is 0 Å². The standard InChI is InChI=1S/C20H18N2O3S2/c1-11-2-4-13-17(6-11)27-20-18(13)19(21-9-22-20)26-8-14(23)12-3-5-15-16(7-12)25-10-24-15/h3,5,7,9,11H,2,4,6,8,10H2,1H3/t11-/m1/s1. The molecule has 2 aromatic heterocycles. The maximum Gasteiger partial charge on any atom is 0.231 e. The molecule has 0 saturated carbocycles. The fourth-order valence-electron chi connectivity index (χ4n) is 3.64. The molecule has 2 aliphatic rings. The van der Waals surface area contributed by atoms with Gasteiger partial charge in [0.2, 0.25) is 6.79 Å². The minimum Gasteiger partial charge on any atom is -0.454 e. The number of aryl methyl sites for hydroxylation is 1. The SMILES string of the molecule is C[C@@H]1CCc2c(sc3ncnc(SCC(=O)c4ccc5c(c4)OCO5)c23)C1. The van der Waals surface area contributed by atoms with Crippen LogP contribution < -0.4 is 9.47 Å². The third-order valence-corrected chi connectivity index (χ3v) is 7.24. The van der Waals surface area contributed by atoms with Gasteiger partial charge in [-0.2, -0.15) is 0 Å². The van der Waals surface area contributed by atoms with Gasteiger partial charge in [-0.25, -0.2) is 9.97 Å². The molecule has 1 aliphatic carbocycles. The van der Waals surface area contributed by atoms with Gasteiger partial charge < -0.3 is 9.47 Å². The van der Waals surface area contributed by atoms with Gasteiger partial charge in [0.1, 0.15) is 16.2 Å².